The van der Waals surface area contributed by atoms with Gasteiger partial charge in [0.25, 0.3) is 0 Å². The van der Waals surface area contributed by atoms with E-state index in [1.807, 2.05) is 0 Å². The summed E-state index contributed by atoms with van der Waals surface area (Å²) in [5, 5.41) is 0. The SMILES string of the molecule is CCC/C=C\CCCN(C)C. The van der Waals surface area contributed by atoms with Crippen molar-refractivity contribution in [3.63, 3.8) is 0 Å². The van der Waals surface area contributed by atoms with E-state index >= 15 is 0 Å². The second-order valence-electron chi connectivity index (χ2n) is 3.21. The number of hydrogen-bond acceptors (Lipinski definition) is 1. The molecule has 11 heavy (non-hydrogen) atoms. The Morgan fingerprint density at radius 3 is 2.27 bits per heavy atom. The Balaban J connectivity index is 3.01. The second kappa shape index (κ2) is 7.80. The van der Waals surface area contributed by atoms with Gasteiger partial charge in [-0.05, 0) is 39.9 Å². The third-order valence-electron chi connectivity index (χ3n) is 1.60. The van der Waals surface area contributed by atoms with Crippen molar-refractivity contribution < 1.29 is 0 Å². The van der Waals surface area contributed by atoms with Gasteiger partial charge >= 0.3 is 0 Å². The molecule has 0 N–H and O–H groups in total. The fourth-order valence-corrected chi connectivity index (χ4v) is 0.928. The van der Waals surface area contributed by atoms with Crippen molar-refractivity contribution in [1.82, 2.24) is 4.90 Å². The molecule has 0 aliphatic rings. The second-order valence-corrected chi connectivity index (χ2v) is 3.21. The van der Waals surface area contributed by atoms with Crippen LogP contribution in [0, 0.1) is 0 Å². The molecule has 0 unspecified atom stereocenters. The van der Waals surface area contributed by atoms with Gasteiger partial charge in [0.2, 0.25) is 0 Å². The van der Waals surface area contributed by atoms with Crippen LogP contribution in [0.1, 0.15) is 32.6 Å². The molecule has 0 fully saturated rings. The van der Waals surface area contributed by atoms with E-state index in [0.29, 0.717) is 0 Å². The molecule has 0 spiro atoms. The molecule has 0 aliphatic carbocycles. The van der Waals surface area contributed by atoms with Crippen LogP contribution in [-0.2, 0) is 0 Å². The van der Waals surface area contributed by atoms with E-state index in [1.54, 1.807) is 0 Å². The average molecular weight is 155 g/mol. The largest absolute Gasteiger partial charge is 0.309 e. The first kappa shape index (κ1) is 10.7. The van der Waals surface area contributed by atoms with Gasteiger partial charge in [0.15, 0.2) is 0 Å². The molecule has 0 saturated heterocycles. The van der Waals surface area contributed by atoms with Crippen LogP contribution in [0.15, 0.2) is 12.2 Å². The highest BCUT2D eigenvalue weighted by molar-refractivity contribution is 4.80. The lowest BCUT2D eigenvalue weighted by molar-refractivity contribution is 0.402. The summed E-state index contributed by atoms with van der Waals surface area (Å²) in [7, 11) is 4.24. The molecular weight excluding hydrogens is 134 g/mol. The number of nitrogens with zero attached hydrogens (tertiary/aromatic N) is 1. The van der Waals surface area contributed by atoms with Gasteiger partial charge < -0.3 is 4.90 Å². The van der Waals surface area contributed by atoms with Gasteiger partial charge in [0.1, 0.15) is 0 Å². The lowest BCUT2D eigenvalue weighted by atomic mass is 10.2. The maximum atomic E-state index is 2.30. The summed E-state index contributed by atoms with van der Waals surface area (Å²) in [6.45, 7) is 3.42. The Bertz CT molecular complexity index is 95.0. The fraction of sp³-hybridized carbons (Fsp3) is 0.800. The van der Waals surface area contributed by atoms with Gasteiger partial charge in [-0.1, -0.05) is 25.5 Å². The summed E-state index contributed by atoms with van der Waals surface area (Å²) in [5.41, 5.74) is 0. The third kappa shape index (κ3) is 9.70. The Morgan fingerprint density at radius 2 is 1.73 bits per heavy atom. The molecule has 0 aromatic rings. The molecular formula is C10H21N. The summed E-state index contributed by atoms with van der Waals surface area (Å²) in [6, 6.07) is 0. The number of rotatable bonds is 6. The first-order valence-corrected chi connectivity index (χ1v) is 4.57. The first-order valence-electron chi connectivity index (χ1n) is 4.57. The zero-order chi connectivity index (χ0) is 8.53. The monoisotopic (exact) mass is 155 g/mol. The maximum Gasteiger partial charge on any atom is -0.00219 e. The number of hydrogen-bond donors (Lipinski definition) is 0. The van der Waals surface area contributed by atoms with Crippen LogP contribution < -0.4 is 0 Å². The Labute approximate surface area is 71.1 Å². The lowest BCUT2D eigenvalue weighted by Gasteiger charge is -2.06. The van der Waals surface area contributed by atoms with E-state index in [4.69, 9.17) is 0 Å². The molecule has 0 radical (unpaired) electrons. The molecule has 0 aliphatic heterocycles. The van der Waals surface area contributed by atoms with Crippen LogP contribution in [0.5, 0.6) is 0 Å². The van der Waals surface area contributed by atoms with Gasteiger partial charge in [-0.2, -0.15) is 0 Å². The van der Waals surface area contributed by atoms with E-state index in [0.717, 1.165) is 0 Å². The highest BCUT2D eigenvalue weighted by Gasteiger charge is 1.86. The molecule has 0 heterocycles. The first-order chi connectivity index (χ1) is 5.27. The standard InChI is InChI=1S/C10H21N/c1-4-5-6-7-8-9-10-11(2)3/h6-7H,4-5,8-10H2,1-3H3/b7-6-. The van der Waals surface area contributed by atoms with Crippen molar-refractivity contribution in [2.45, 2.75) is 32.6 Å². The highest BCUT2D eigenvalue weighted by atomic mass is 15.0. The van der Waals surface area contributed by atoms with Gasteiger partial charge in [0.05, 0.1) is 0 Å². The van der Waals surface area contributed by atoms with Crippen molar-refractivity contribution >= 4 is 0 Å². The topological polar surface area (TPSA) is 3.24 Å². The van der Waals surface area contributed by atoms with E-state index in [9.17, 15) is 0 Å². The van der Waals surface area contributed by atoms with E-state index < -0.39 is 0 Å². The summed E-state index contributed by atoms with van der Waals surface area (Å²) in [5.74, 6) is 0. The lowest BCUT2D eigenvalue weighted by Crippen LogP contribution is -2.12. The zero-order valence-corrected chi connectivity index (χ0v) is 8.14. The molecule has 0 rings (SSSR count). The predicted octanol–water partition coefficient (Wildman–Crippen LogP) is 2.68. The molecule has 66 valence electrons. The Hall–Kier alpha value is -0.300. The quantitative estimate of drug-likeness (QED) is 0.421. The van der Waals surface area contributed by atoms with Crippen LogP contribution in [0.25, 0.3) is 0 Å². The van der Waals surface area contributed by atoms with Crippen LogP contribution >= 0.6 is 0 Å². The Kier molecular flexibility index (Phi) is 7.59. The molecule has 0 amide bonds. The van der Waals surface area contributed by atoms with E-state index in [1.165, 1.54) is 32.2 Å². The highest BCUT2D eigenvalue weighted by Crippen LogP contribution is 1.95. The molecule has 0 aromatic heterocycles. The van der Waals surface area contributed by atoms with Crippen molar-refractivity contribution in [3.05, 3.63) is 12.2 Å². The summed E-state index contributed by atoms with van der Waals surface area (Å²) in [6.07, 6.45) is 9.61. The number of allylic oxidation sites excluding steroid dienone is 2. The van der Waals surface area contributed by atoms with Crippen molar-refractivity contribution in [2.24, 2.45) is 0 Å². The Morgan fingerprint density at radius 1 is 1.09 bits per heavy atom. The van der Waals surface area contributed by atoms with Crippen LogP contribution in [-0.4, -0.2) is 25.5 Å². The number of unbranched alkanes of at least 4 members (excludes halogenated alkanes) is 2. The summed E-state index contributed by atoms with van der Waals surface area (Å²) < 4.78 is 0. The van der Waals surface area contributed by atoms with Gasteiger partial charge in [0, 0.05) is 0 Å². The molecule has 0 atom stereocenters. The molecule has 0 bridgehead atoms. The summed E-state index contributed by atoms with van der Waals surface area (Å²) in [4.78, 5) is 2.23. The predicted molar refractivity (Wildman–Crippen MR) is 51.8 cm³/mol. The molecule has 0 aromatic carbocycles. The minimum Gasteiger partial charge on any atom is -0.309 e. The van der Waals surface area contributed by atoms with Crippen molar-refractivity contribution in [3.8, 4) is 0 Å². The van der Waals surface area contributed by atoms with Gasteiger partial charge in [-0.25, -0.2) is 0 Å². The summed E-state index contributed by atoms with van der Waals surface area (Å²) >= 11 is 0. The third-order valence-corrected chi connectivity index (χ3v) is 1.60. The van der Waals surface area contributed by atoms with Gasteiger partial charge in [-0.3, -0.25) is 0 Å². The fourth-order valence-electron chi connectivity index (χ4n) is 0.928. The van der Waals surface area contributed by atoms with Crippen molar-refractivity contribution in [1.29, 1.82) is 0 Å². The minimum atomic E-state index is 1.20. The van der Waals surface area contributed by atoms with E-state index in [2.05, 4.69) is 38.1 Å². The minimum absolute atomic E-state index is 1.20. The van der Waals surface area contributed by atoms with Crippen LogP contribution in [0.2, 0.25) is 0 Å². The van der Waals surface area contributed by atoms with Crippen LogP contribution in [0.4, 0.5) is 0 Å². The molecule has 0 saturated carbocycles. The smallest absolute Gasteiger partial charge is 0.00219 e. The van der Waals surface area contributed by atoms with Crippen LogP contribution in [0.3, 0.4) is 0 Å². The maximum absolute atomic E-state index is 2.30. The molecule has 1 heteroatoms. The van der Waals surface area contributed by atoms with E-state index in [-0.39, 0.29) is 0 Å². The normalized spacial score (nSPS) is 11.6. The van der Waals surface area contributed by atoms with Crippen molar-refractivity contribution in [2.75, 3.05) is 20.6 Å². The average Bonchev–Trinajstić information content (AvgIpc) is 1.96. The zero-order valence-electron chi connectivity index (χ0n) is 8.14. The molecule has 1 nitrogen and oxygen atoms in total. The van der Waals surface area contributed by atoms with Gasteiger partial charge in [-0.15, -0.1) is 0 Å².